The summed E-state index contributed by atoms with van der Waals surface area (Å²) in [6.07, 6.45) is 0. The van der Waals surface area contributed by atoms with Gasteiger partial charge < -0.3 is 15.0 Å². The van der Waals surface area contributed by atoms with Crippen molar-refractivity contribution in [3.05, 3.63) is 28.7 Å². The number of hydrogen-bond donors (Lipinski definition) is 1. The van der Waals surface area contributed by atoms with Gasteiger partial charge in [0.25, 0.3) is 0 Å². The molecule has 0 spiro atoms. The Morgan fingerprint density at radius 2 is 2.11 bits per heavy atom. The minimum Gasteiger partial charge on any atom is -0.492 e. The third-order valence-corrected chi connectivity index (χ3v) is 3.25. The molecular formula is C15H25BrN2O. The first kappa shape index (κ1) is 16.5. The molecule has 0 fully saturated rings. The molecule has 1 rings (SSSR count). The van der Waals surface area contributed by atoms with Gasteiger partial charge in [-0.15, -0.1) is 0 Å². The fraction of sp³-hybridized carbons (Fsp3) is 0.600. The van der Waals surface area contributed by atoms with E-state index in [0.29, 0.717) is 5.92 Å². The Labute approximate surface area is 125 Å². The van der Waals surface area contributed by atoms with E-state index in [9.17, 15) is 0 Å². The van der Waals surface area contributed by atoms with Crippen LogP contribution in [0.15, 0.2) is 28.7 Å². The number of benzene rings is 1. The average molecular weight is 329 g/mol. The summed E-state index contributed by atoms with van der Waals surface area (Å²) < 4.78 is 6.76. The Bertz CT molecular complexity index is 358. The van der Waals surface area contributed by atoms with Crippen LogP contribution < -0.4 is 10.1 Å². The van der Waals surface area contributed by atoms with Gasteiger partial charge in [-0.05, 0) is 37.7 Å². The molecule has 4 heteroatoms. The molecule has 1 aromatic carbocycles. The second kappa shape index (κ2) is 9.34. The number of hydrogen-bond acceptors (Lipinski definition) is 3. The van der Waals surface area contributed by atoms with Crippen molar-refractivity contribution in [3.63, 3.8) is 0 Å². The third-order valence-electron chi connectivity index (χ3n) is 2.76. The van der Waals surface area contributed by atoms with E-state index in [0.717, 1.165) is 43.0 Å². The minimum absolute atomic E-state index is 0.713. The first-order chi connectivity index (χ1) is 9.08. The van der Waals surface area contributed by atoms with Crippen molar-refractivity contribution in [1.82, 2.24) is 10.2 Å². The van der Waals surface area contributed by atoms with Gasteiger partial charge in [0.15, 0.2) is 0 Å². The van der Waals surface area contributed by atoms with Crippen molar-refractivity contribution in [2.45, 2.75) is 13.8 Å². The Morgan fingerprint density at radius 3 is 2.79 bits per heavy atom. The van der Waals surface area contributed by atoms with Gasteiger partial charge in [0.1, 0.15) is 12.4 Å². The van der Waals surface area contributed by atoms with Gasteiger partial charge in [-0.2, -0.15) is 0 Å². The van der Waals surface area contributed by atoms with Gasteiger partial charge in [-0.3, -0.25) is 0 Å². The van der Waals surface area contributed by atoms with Crippen LogP contribution in [0, 0.1) is 5.92 Å². The highest BCUT2D eigenvalue weighted by Gasteiger charge is 2.00. The van der Waals surface area contributed by atoms with Crippen molar-refractivity contribution >= 4 is 15.9 Å². The molecule has 0 aliphatic rings. The molecule has 0 saturated heterocycles. The number of ether oxygens (including phenoxy) is 1. The first-order valence-corrected chi connectivity index (χ1v) is 7.65. The van der Waals surface area contributed by atoms with Crippen LogP contribution in [0.3, 0.4) is 0 Å². The monoisotopic (exact) mass is 328 g/mol. The van der Waals surface area contributed by atoms with Crippen LogP contribution in [0.5, 0.6) is 5.75 Å². The molecule has 0 heterocycles. The zero-order valence-corrected chi connectivity index (χ0v) is 13.7. The maximum atomic E-state index is 5.71. The second-order valence-corrected chi connectivity index (χ2v) is 6.12. The Balaban J connectivity index is 2.08. The van der Waals surface area contributed by atoms with Crippen molar-refractivity contribution < 1.29 is 4.74 Å². The lowest BCUT2D eigenvalue weighted by atomic mass is 10.2. The fourth-order valence-electron chi connectivity index (χ4n) is 1.65. The van der Waals surface area contributed by atoms with Gasteiger partial charge >= 0.3 is 0 Å². The summed E-state index contributed by atoms with van der Waals surface area (Å²) in [5, 5.41) is 3.44. The van der Waals surface area contributed by atoms with E-state index < -0.39 is 0 Å². The van der Waals surface area contributed by atoms with Crippen LogP contribution >= 0.6 is 15.9 Å². The summed E-state index contributed by atoms with van der Waals surface area (Å²) in [6, 6.07) is 7.96. The zero-order chi connectivity index (χ0) is 14.1. The number of nitrogens with one attached hydrogen (secondary N) is 1. The molecule has 1 aromatic rings. The maximum Gasteiger partial charge on any atom is 0.120 e. The van der Waals surface area contributed by atoms with Crippen LogP contribution in [-0.4, -0.2) is 44.7 Å². The molecule has 1 N–H and O–H groups in total. The Kier molecular flexibility index (Phi) is 8.10. The molecule has 3 nitrogen and oxygen atoms in total. The van der Waals surface area contributed by atoms with Crippen LogP contribution in [0.25, 0.3) is 0 Å². The molecule has 0 aliphatic carbocycles. The lowest BCUT2D eigenvalue weighted by molar-refractivity contribution is 0.237. The van der Waals surface area contributed by atoms with Crippen molar-refractivity contribution in [2.75, 3.05) is 39.8 Å². The molecule has 0 amide bonds. The van der Waals surface area contributed by atoms with E-state index >= 15 is 0 Å². The van der Waals surface area contributed by atoms with Gasteiger partial charge in [0, 0.05) is 24.1 Å². The highest BCUT2D eigenvalue weighted by Crippen LogP contribution is 2.17. The SMILES string of the molecule is CC(C)CNCCN(C)CCOc1cccc(Br)c1. The number of likely N-dealkylation sites (N-methyl/N-ethyl adjacent to an activating group) is 1. The molecular weight excluding hydrogens is 304 g/mol. The minimum atomic E-state index is 0.713. The van der Waals surface area contributed by atoms with Crippen molar-refractivity contribution in [1.29, 1.82) is 0 Å². The predicted molar refractivity (Wildman–Crippen MR) is 84.8 cm³/mol. The summed E-state index contributed by atoms with van der Waals surface area (Å²) in [4.78, 5) is 2.28. The molecule has 0 saturated carbocycles. The molecule has 0 unspecified atom stereocenters. The molecule has 108 valence electrons. The maximum absolute atomic E-state index is 5.71. The second-order valence-electron chi connectivity index (χ2n) is 5.21. The van der Waals surface area contributed by atoms with E-state index in [1.807, 2.05) is 24.3 Å². The Morgan fingerprint density at radius 1 is 1.32 bits per heavy atom. The zero-order valence-electron chi connectivity index (χ0n) is 12.2. The van der Waals surface area contributed by atoms with E-state index in [-0.39, 0.29) is 0 Å². The van der Waals surface area contributed by atoms with E-state index in [1.54, 1.807) is 0 Å². The Hall–Kier alpha value is -0.580. The van der Waals surface area contributed by atoms with Crippen LogP contribution in [0.2, 0.25) is 0 Å². The summed E-state index contributed by atoms with van der Waals surface area (Å²) in [6.45, 7) is 9.28. The molecule has 0 aliphatic heterocycles. The van der Waals surface area contributed by atoms with Crippen LogP contribution in [-0.2, 0) is 0 Å². The summed E-state index contributed by atoms with van der Waals surface area (Å²) in [5.41, 5.74) is 0. The van der Waals surface area contributed by atoms with Gasteiger partial charge in [0.05, 0.1) is 0 Å². The topological polar surface area (TPSA) is 24.5 Å². The summed E-state index contributed by atoms with van der Waals surface area (Å²) >= 11 is 3.44. The highest BCUT2D eigenvalue weighted by molar-refractivity contribution is 9.10. The van der Waals surface area contributed by atoms with Crippen LogP contribution in [0.1, 0.15) is 13.8 Å². The summed E-state index contributed by atoms with van der Waals surface area (Å²) in [5.74, 6) is 1.63. The highest BCUT2D eigenvalue weighted by atomic mass is 79.9. The lowest BCUT2D eigenvalue weighted by Crippen LogP contribution is -2.33. The number of nitrogens with zero attached hydrogens (tertiary/aromatic N) is 1. The fourth-order valence-corrected chi connectivity index (χ4v) is 2.03. The summed E-state index contributed by atoms with van der Waals surface area (Å²) in [7, 11) is 2.13. The standard InChI is InChI=1S/C15H25BrN2O/c1-13(2)12-17-7-8-18(3)9-10-19-15-6-4-5-14(16)11-15/h4-6,11,13,17H,7-10,12H2,1-3H3. The van der Waals surface area contributed by atoms with Gasteiger partial charge in [-0.1, -0.05) is 35.8 Å². The molecule has 19 heavy (non-hydrogen) atoms. The molecule has 0 atom stereocenters. The largest absolute Gasteiger partial charge is 0.492 e. The first-order valence-electron chi connectivity index (χ1n) is 6.85. The quantitative estimate of drug-likeness (QED) is 0.705. The smallest absolute Gasteiger partial charge is 0.120 e. The van der Waals surface area contributed by atoms with E-state index in [2.05, 4.69) is 47.0 Å². The van der Waals surface area contributed by atoms with Gasteiger partial charge in [0.2, 0.25) is 0 Å². The number of halogens is 1. The molecule has 0 radical (unpaired) electrons. The van der Waals surface area contributed by atoms with Gasteiger partial charge in [-0.25, -0.2) is 0 Å². The third kappa shape index (κ3) is 8.24. The van der Waals surface area contributed by atoms with E-state index in [4.69, 9.17) is 4.74 Å². The van der Waals surface area contributed by atoms with Crippen LogP contribution in [0.4, 0.5) is 0 Å². The predicted octanol–water partition coefficient (Wildman–Crippen LogP) is 3.01. The molecule has 0 bridgehead atoms. The normalized spacial score (nSPS) is 11.3. The molecule has 0 aromatic heterocycles. The van der Waals surface area contributed by atoms with Crippen molar-refractivity contribution in [3.8, 4) is 5.75 Å². The average Bonchev–Trinajstić information content (AvgIpc) is 2.34. The van der Waals surface area contributed by atoms with Crippen molar-refractivity contribution in [2.24, 2.45) is 5.92 Å². The van der Waals surface area contributed by atoms with E-state index in [1.165, 1.54) is 0 Å². The number of rotatable bonds is 9. The lowest BCUT2D eigenvalue weighted by Gasteiger charge is -2.17.